The van der Waals surface area contributed by atoms with Gasteiger partial charge in [-0.2, -0.15) is 10.2 Å². The number of anilines is 2. The molecule has 26 heavy (non-hydrogen) atoms. The highest BCUT2D eigenvalue weighted by Crippen LogP contribution is 2.32. The summed E-state index contributed by atoms with van der Waals surface area (Å²) in [5.41, 5.74) is 13.8. The van der Waals surface area contributed by atoms with E-state index in [9.17, 15) is 5.26 Å². The molecule has 0 bridgehead atoms. The molecule has 3 aromatic rings. The fourth-order valence-corrected chi connectivity index (χ4v) is 2.48. The summed E-state index contributed by atoms with van der Waals surface area (Å²) >= 11 is 0. The molecule has 0 amide bonds. The zero-order chi connectivity index (χ0) is 18.4. The molecule has 1 heterocycles. The predicted molar refractivity (Wildman–Crippen MR) is 102 cm³/mol. The Balaban J connectivity index is 1.86. The molecule has 6 heteroatoms. The number of para-hydroxylation sites is 1. The van der Waals surface area contributed by atoms with Crippen molar-refractivity contribution in [1.82, 2.24) is 9.97 Å². The van der Waals surface area contributed by atoms with E-state index in [0.29, 0.717) is 23.6 Å². The lowest BCUT2D eigenvalue weighted by Crippen LogP contribution is -2.06. The van der Waals surface area contributed by atoms with E-state index in [-0.39, 0.29) is 17.3 Å². The maximum atomic E-state index is 9.38. The lowest BCUT2D eigenvalue weighted by atomic mass is 10.1. The second kappa shape index (κ2) is 7.81. The smallest absolute Gasteiger partial charge is 0.222 e. The van der Waals surface area contributed by atoms with Crippen LogP contribution < -0.4 is 16.2 Å². The molecule has 3 rings (SSSR count). The number of ether oxygens (including phenoxy) is 1. The molecule has 0 atom stereocenters. The molecule has 1 aromatic heterocycles. The summed E-state index contributed by atoms with van der Waals surface area (Å²) in [6, 6.07) is 19.3. The first-order valence-corrected chi connectivity index (χ1v) is 7.96. The number of rotatable bonds is 5. The number of nitriles is 1. The van der Waals surface area contributed by atoms with Gasteiger partial charge < -0.3 is 16.2 Å². The first kappa shape index (κ1) is 17.0. The molecule has 0 saturated carbocycles. The average molecular weight is 343 g/mol. The van der Waals surface area contributed by atoms with Crippen LogP contribution in [-0.2, 0) is 0 Å². The summed E-state index contributed by atoms with van der Waals surface area (Å²) in [5.74, 6) is 0.642. The topological polar surface area (TPSA) is 111 Å². The van der Waals surface area contributed by atoms with Gasteiger partial charge in [0.15, 0.2) is 0 Å². The highest BCUT2D eigenvalue weighted by atomic mass is 16.5. The predicted octanol–water partition coefficient (Wildman–Crippen LogP) is 3.27. The van der Waals surface area contributed by atoms with Gasteiger partial charge in [-0.25, -0.2) is 4.98 Å². The quantitative estimate of drug-likeness (QED) is 0.735. The van der Waals surface area contributed by atoms with Crippen molar-refractivity contribution in [3.63, 3.8) is 0 Å². The Morgan fingerprint density at radius 3 is 2.50 bits per heavy atom. The zero-order valence-corrected chi connectivity index (χ0v) is 14.0. The van der Waals surface area contributed by atoms with Crippen molar-refractivity contribution in [2.45, 2.75) is 0 Å². The van der Waals surface area contributed by atoms with Gasteiger partial charge in [0.1, 0.15) is 29.8 Å². The molecular weight excluding hydrogens is 326 g/mol. The number of aromatic nitrogens is 2. The highest BCUT2D eigenvalue weighted by molar-refractivity contribution is 5.77. The first-order valence-electron chi connectivity index (χ1n) is 7.96. The number of benzene rings is 2. The lowest BCUT2D eigenvalue weighted by Gasteiger charge is -2.12. The summed E-state index contributed by atoms with van der Waals surface area (Å²) in [7, 11) is 0. The van der Waals surface area contributed by atoms with Gasteiger partial charge in [-0.1, -0.05) is 48.5 Å². The zero-order valence-electron chi connectivity index (χ0n) is 14.0. The molecule has 0 unspecified atom stereocenters. The molecule has 0 saturated heterocycles. The summed E-state index contributed by atoms with van der Waals surface area (Å²) < 4.78 is 5.85. The fourth-order valence-electron chi connectivity index (χ4n) is 2.48. The van der Waals surface area contributed by atoms with Crippen molar-refractivity contribution in [3.05, 3.63) is 71.8 Å². The normalized spacial score (nSPS) is 10.6. The minimum atomic E-state index is 0.00952. The standard InChI is InChI=1S/C20H17N5O/c21-13-16-18(24-20(23)25-19(16)22)15-10-4-5-11-17(15)26-12-6-9-14-7-2-1-3-8-14/h1-11H,12H2,(H4,22,23,24,25). The van der Waals surface area contributed by atoms with E-state index in [2.05, 4.69) is 9.97 Å². The molecule has 2 aromatic carbocycles. The van der Waals surface area contributed by atoms with Crippen molar-refractivity contribution in [3.8, 4) is 23.1 Å². The number of hydrogen-bond acceptors (Lipinski definition) is 6. The van der Waals surface area contributed by atoms with Crippen LogP contribution in [0.4, 0.5) is 11.8 Å². The lowest BCUT2D eigenvalue weighted by molar-refractivity contribution is 0.365. The third-order valence-electron chi connectivity index (χ3n) is 3.65. The maximum absolute atomic E-state index is 9.38. The van der Waals surface area contributed by atoms with Crippen molar-refractivity contribution < 1.29 is 4.74 Å². The molecule has 6 nitrogen and oxygen atoms in total. The molecule has 0 aliphatic heterocycles. The average Bonchev–Trinajstić information content (AvgIpc) is 2.66. The minimum absolute atomic E-state index is 0.00952. The van der Waals surface area contributed by atoms with E-state index >= 15 is 0 Å². The van der Waals surface area contributed by atoms with Crippen LogP contribution in [0.5, 0.6) is 5.75 Å². The summed E-state index contributed by atoms with van der Waals surface area (Å²) in [6.45, 7) is 0.365. The third kappa shape index (κ3) is 3.79. The summed E-state index contributed by atoms with van der Waals surface area (Å²) in [6.07, 6.45) is 3.89. The number of nitrogens with zero attached hydrogens (tertiary/aromatic N) is 3. The van der Waals surface area contributed by atoms with Gasteiger partial charge in [0, 0.05) is 5.56 Å². The Labute approximate surface area is 151 Å². The Morgan fingerprint density at radius 1 is 1.00 bits per heavy atom. The van der Waals surface area contributed by atoms with E-state index in [1.807, 2.05) is 60.7 Å². The Morgan fingerprint density at radius 2 is 1.73 bits per heavy atom. The van der Waals surface area contributed by atoms with Crippen molar-refractivity contribution >= 4 is 17.8 Å². The summed E-state index contributed by atoms with van der Waals surface area (Å²) in [5, 5.41) is 9.38. The Hall–Kier alpha value is -3.85. The van der Waals surface area contributed by atoms with Crippen LogP contribution in [0.2, 0.25) is 0 Å². The van der Waals surface area contributed by atoms with Crippen LogP contribution in [-0.4, -0.2) is 16.6 Å². The second-order valence-corrected chi connectivity index (χ2v) is 5.42. The molecule has 0 fully saturated rings. The van der Waals surface area contributed by atoms with Gasteiger partial charge in [0.25, 0.3) is 0 Å². The van der Waals surface area contributed by atoms with Crippen LogP contribution in [0.3, 0.4) is 0 Å². The molecule has 0 aliphatic rings. The Bertz CT molecular complexity index is 977. The molecule has 4 N–H and O–H groups in total. The van der Waals surface area contributed by atoms with Gasteiger partial charge >= 0.3 is 0 Å². The largest absolute Gasteiger partial charge is 0.489 e. The van der Waals surface area contributed by atoms with Crippen LogP contribution in [0.25, 0.3) is 17.3 Å². The fraction of sp³-hybridized carbons (Fsp3) is 0.0500. The van der Waals surface area contributed by atoms with Gasteiger partial charge in [0.2, 0.25) is 5.95 Å². The van der Waals surface area contributed by atoms with Crippen molar-refractivity contribution in [2.75, 3.05) is 18.1 Å². The number of nitrogen functional groups attached to an aromatic ring is 2. The molecule has 0 spiro atoms. The van der Waals surface area contributed by atoms with Crippen LogP contribution >= 0.6 is 0 Å². The van der Waals surface area contributed by atoms with E-state index in [0.717, 1.165) is 5.56 Å². The van der Waals surface area contributed by atoms with Crippen LogP contribution in [0.1, 0.15) is 11.1 Å². The van der Waals surface area contributed by atoms with Gasteiger partial charge in [-0.15, -0.1) is 0 Å². The summed E-state index contributed by atoms with van der Waals surface area (Å²) in [4.78, 5) is 8.02. The molecular formula is C20H17N5O. The van der Waals surface area contributed by atoms with Gasteiger partial charge in [-0.3, -0.25) is 0 Å². The minimum Gasteiger partial charge on any atom is -0.489 e. The molecule has 0 aliphatic carbocycles. The van der Waals surface area contributed by atoms with Crippen LogP contribution in [0, 0.1) is 11.3 Å². The molecule has 0 radical (unpaired) electrons. The molecule has 128 valence electrons. The van der Waals surface area contributed by atoms with E-state index < -0.39 is 0 Å². The first-order chi connectivity index (χ1) is 12.7. The maximum Gasteiger partial charge on any atom is 0.222 e. The van der Waals surface area contributed by atoms with Crippen molar-refractivity contribution in [2.24, 2.45) is 0 Å². The van der Waals surface area contributed by atoms with Gasteiger partial charge in [-0.05, 0) is 23.8 Å². The number of hydrogen-bond donors (Lipinski definition) is 2. The second-order valence-electron chi connectivity index (χ2n) is 5.42. The third-order valence-corrected chi connectivity index (χ3v) is 3.65. The van der Waals surface area contributed by atoms with E-state index in [4.69, 9.17) is 16.2 Å². The van der Waals surface area contributed by atoms with Crippen LogP contribution in [0.15, 0.2) is 60.7 Å². The highest BCUT2D eigenvalue weighted by Gasteiger charge is 2.16. The number of nitrogens with two attached hydrogens (primary N) is 2. The van der Waals surface area contributed by atoms with E-state index in [1.165, 1.54) is 0 Å². The monoisotopic (exact) mass is 343 g/mol. The SMILES string of the molecule is N#Cc1c(N)nc(N)nc1-c1ccccc1OCC=Cc1ccccc1. The Kier molecular flexibility index (Phi) is 5.11. The van der Waals surface area contributed by atoms with E-state index in [1.54, 1.807) is 12.1 Å². The van der Waals surface area contributed by atoms with Crippen molar-refractivity contribution in [1.29, 1.82) is 5.26 Å². The van der Waals surface area contributed by atoms with Gasteiger partial charge in [0.05, 0.1) is 5.69 Å².